The smallest absolute Gasteiger partial charge is 0.314 e. The van der Waals surface area contributed by atoms with Crippen LogP contribution in [0, 0.1) is 17.3 Å². The normalized spacial score (nSPS) is 33.6. The standard InChI is InChI=1S/C12H18O4/c1-3-8-6-5-7-12(4-2,11(15)16)9(8)10(13)14/h5,7-9H,3-4,6H2,1-2H3,(H,13,14)(H,15,16). The fourth-order valence-electron chi connectivity index (χ4n) is 2.63. The van der Waals surface area contributed by atoms with E-state index >= 15 is 0 Å². The van der Waals surface area contributed by atoms with Gasteiger partial charge >= 0.3 is 11.9 Å². The van der Waals surface area contributed by atoms with Gasteiger partial charge < -0.3 is 10.2 Å². The van der Waals surface area contributed by atoms with Crippen molar-refractivity contribution in [3.63, 3.8) is 0 Å². The van der Waals surface area contributed by atoms with Gasteiger partial charge in [-0.2, -0.15) is 0 Å². The van der Waals surface area contributed by atoms with Crippen molar-refractivity contribution in [1.29, 1.82) is 0 Å². The van der Waals surface area contributed by atoms with Crippen molar-refractivity contribution in [2.45, 2.75) is 33.1 Å². The van der Waals surface area contributed by atoms with Gasteiger partial charge in [-0.25, -0.2) is 0 Å². The summed E-state index contributed by atoms with van der Waals surface area (Å²) in [7, 11) is 0. The molecule has 1 aliphatic rings. The maximum atomic E-state index is 11.4. The monoisotopic (exact) mass is 226 g/mol. The van der Waals surface area contributed by atoms with Crippen LogP contribution < -0.4 is 0 Å². The third kappa shape index (κ3) is 1.84. The molecule has 0 bridgehead atoms. The highest BCUT2D eigenvalue weighted by molar-refractivity contribution is 5.86. The van der Waals surface area contributed by atoms with E-state index in [4.69, 9.17) is 0 Å². The van der Waals surface area contributed by atoms with Crippen molar-refractivity contribution in [2.24, 2.45) is 17.3 Å². The van der Waals surface area contributed by atoms with Gasteiger partial charge in [0.2, 0.25) is 0 Å². The predicted octanol–water partition coefficient (Wildman–Crippen LogP) is 2.15. The molecular formula is C12H18O4. The molecule has 0 aliphatic heterocycles. The summed E-state index contributed by atoms with van der Waals surface area (Å²) < 4.78 is 0. The fourth-order valence-corrected chi connectivity index (χ4v) is 2.63. The minimum Gasteiger partial charge on any atom is -0.481 e. The molecule has 1 rings (SSSR count). The molecule has 0 fully saturated rings. The number of hydrogen-bond donors (Lipinski definition) is 2. The average Bonchev–Trinajstić information content (AvgIpc) is 2.26. The molecule has 0 radical (unpaired) electrons. The summed E-state index contributed by atoms with van der Waals surface area (Å²) >= 11 is 0. The van der Waals surface area contributed by atoms with Crippen LogP contribution in [0.3, 0.4) is 0 Å². The molecule has 0 saturated heterocycles. The fraction of sp³-hybridized carbons (Fsp3) is 0.667. The van der Waals surface area contributed by atoms with Crippen LogP contribution >= 0.6 is 0 Å². The highest BCUT2D eigenvalue weighted by Gasteiger charge is 2.50. The van der Waals surface area contributed by atoms with Crippen LogP contribution in [-0.2, 0) is 9.59 Å². The average molecular weight is 226 g/mol. The number of aliphatic carboxylic acids is 2. The highest BCUT2D eigenvalue weighted by Crippen LogP contribution is 2.44. The van der Waals surface area contributed by atoms with Gasteiger partial charge in [0.05, 0.1) is 11.3 Å². The van der Waals surface area contributed by atoms with Crippen LogP contribution in [0.15, 0.2) is 12.2 Å². The first kappa shape index (κ1) is 12.7. The molecule has 0 aromatic rings. The number of carboxylic acid groups (broad SMARTS) is 2. The minimum absolute atomic E-state index is 0.0847. The Labute approximate surface area is 95.0 Å². The van der Waals surface area contributed by atoms with Gasteiger partial charge in [-0.3, -0.25) is 9.59 Å². The maximum absolute atomic E-state index is 11.4. The van der Waals surface area contributed by atoms with E-state index in [0.717, 1.165) is 0 Å². The zero-order chi connectivity index (χ0) is 12.3. The predicted molar refractivity (Wildman–Crippen MR) is 59.0 cm³/mol. The van der Waals surface area contributed by atoms with Gasteiger partial charge in [0, 0.05) is 0 Å². The van der Waals surface area contributed by atoms with Gasteiger partial charge in [-0.05, 0) is 18.8 Å². The Morgan fingerprint density at radius 1 is 1.38 bits per heavy atom. The van der Waals surface area contributed by atoms with Gasteiger partial charge in [0.25, 0.3) is 0 Å². The van der Waals surface area contributed by atoms with Gasteiger partial charge in [0.15, 0.2) is 0 Å². The van der Waals surface area contributed by atoms with Crippen LogP contribution in [0.1, 0.15) is 33.1 Å². The van der Waals surface area contributed by atoms with Crippen molar-refractivity contribution in [2.75, 3.05) is 0 Å². The molecule has 4 heteroatoms. The molecule has 0 spiro atoms. The lowest BCUT2D eigenvalue weighted by Crippen LogP contribution is -2.46. The van der Waals surface area contributed by atoms with Crippen LogP contribution in [0.25, 0.3) is 0 Å². The van der Waals surface area contributed by atoms with Crippen LogP contribution in [0.4, 0.5) is 0 Å². The highest BCUT2D eigenvalue weighted by atomic mass is 16.4. The quantitative estimate of drug-likeness (QED) is 0.720. The molecule has 16 heavy (non-hydrogen) atoms. The van der Waals surface area contributed by atoms with Crippen LogP contribution in [0.2, 0.25) is 0 Å². The zero-order valence-electron chi connectivity index (χ0n) is 9.64. The Morgan fingerprint density at radius 3 is 2.38 bits per heavy atom. The Bertz CT molecular complexity index is 321. The van der Waals surface area contributed by atoms with Crippen LogP contribution in [0.5, 0.6) is 0 Å². The number of allylic oxidation sites excluding steroid dienone is 1. The zero-order valence-corrected chi connectivity index (χ0v) is 9.64. The molecule has 0 saturated carbocycles. The number of carboxylic acids is 2. The maximum Gasteiger partial charge on any atom is 0.314 e. The molecule has 0 amide bonds. The summed E-state index contributed by atoms with van der Waals surface area (Å²) in [6.07, 6.45) is 5.04. The third-order valence-corrected chi connectivity index (χ3v) is 3.65. The topological polar surface area (TPSA) is 74.6 Å². The molecule has 3 unspecified atom stereocenters. The van der Waals surface area contributed by atoms with Crippen molar-refractivity contribution in [3.8, 4) is 0 Å². The van der Waals surface area contributed by atoms with Gasteiger partial charge in [0.1, 0.15) is 0 Å². The summed E-state index contributed by atoms with van der Waals surface area (Å²) in [6.45, 7) is 3.63. The lowest BCUT2D eigenvalue weighted by Gasteiger charge is -2.38. The first-order valence-corrected chi connectivity index (χ1v) is 5.63. The van der Waals surface area contributed by atoms with E-state index in [0.29, 0.717) is 19.3 Å². The molecule has 3 atom stereocenters. The van der Waals surface area contributed by atoms with E-state index in [2.05, 4.69) is 0 Å². The molecule has 4 nitrogen and oxygen atoms in total. The summed E-state index contributed by atoms with van der Waals surface area (Å²) in [5.74, 6) is -2.93. The van der Waals surface area contributed by atoms with E-state index < -0.39 is 23.3 Å². The molecule has 1 aliphatic carbocycles. The first-order chi connectivity index (χ1) is 7.49. The number of carbonyl (C=O) groups is 2. The molecule has 90 valence electrons. The summed E-state index contributed by atoms with van der Waals surface area (Å²) in [4.78, 5) is 22.7. The first-order valence-electron chi connectivity index (χ1n) is 5.63. The van der Waals surface area contributed by atoms with Crippen molar-refractivity contribution in [1.82, 2.24) is 0 Å². The summed E-state index contributed by atoms with van der Waals surface area (Å²) in [5.41, 5.74) is -1.23. The Kier molecular flexibility index (Phi) is 3.73. The van der Waals surface area contributed by atoms with E-state index in [1.807, 2.05) is 13.0 Å². The lowest BCUT2D eigenvalue weighted by molar-refractivity contribution is -0.163. The number of rotatable bonds is 4. The second-order valence-corrected chi connectivity index (χ2v) is 4.32. The largest absolute Gasteiger partial charge is 0.481 e. The van der Waals surface area contributed by atoms with Gasteiger partial charge in [-0.15, -0.1) is 0 Å². The van der Waals surface area contributed by atoms with E-state index in [1.54, 1.807) is 13.0 Å². The SMILES string of the molecule is CCC1CC=CC(CC)(C(=O)O)C1C(=O)O. The van der Waals surface area contributed by atoms with Crippen molar-refractivity contribution < 1.29 is 19.8 Å². The Hall–Kier alpha value is -1.32. The van der Waals surface area contributed by atoms with Crippen molar-refractivity contribution in [3.05, 3.63) is 12.2 Å². The summed E-state index contributed by atoms with van der Waals surface area (Å²) in [5, 5.41) is 18.6. The van der Waals surface area contributed by atoms with E-state index in [1.165, 1.54) is 0 Å². The Morgan fingerprint density at radius 2 is 2.00 bits per heavy atom. The second kappa shape index (κ2) is 4.68. The molecule has 2 N–H and O–H groups in total. The molecule has 0 aromatic carbocycles. The van der Waals surface area contributed by atoms with Crippen LogP contribution in [-0.4, -0.2) is 22.2 Å². The summed E-state index contributed by atoms with van der Waals surface area (Å²) in [6, 6.07) is 0. The van der Waals surface area contributed by atoms with Crippen molar-refractivity contribution >= 4 is 11.9 Å². The lowest BCUT2D eigenvalue weighted by atomic mass is 9.63. The van der Waals surface area contributed by atoms with E-state index in [-0.39, 0.29) is 5.92 Å². The van der Waals surface area contributed by atoms with Gasteiger partial charge in [-0.1, -0.05) is 32.4 Å². The minimum atomic E-state index is -1.23. The van der Waals surface area contributed by atoms with E-state index in [9.17, 15) is 19.8 Å². The molecular weight excluding hydrogens is 208 g/mol. The molecule has 0 heterocycles. The third-order valence-electron chi connectivity index (χ3n) is 3.65. The Balaban J connectivity index is 3.22. The molecule has 0 aromatic heterocycles. The second-order valence-electron chi connectivity index (χ2n) is 4.32. The number of hydrogen-bond acceptors (Lipinski definition) is 2.